The summed E-state index contributed by atoms with van der Waals surface area (Å²) in [6.45, 7) is 2.20. The maximum Gasteiger partial charge on any atom is 0.154 e. The van der Waals surface area contributed by atoms with E-state index < -0.39 is 0 Å². The summed E-state index contributed by atoms with van der Waals surface area (Å²) in [4.78, 5) is 18.2. The normalized spacial score (nSPS) is 11.8. The highest BCUT2D eigenvalue weighted by Crippen LogP contribution is 2.35. The highest BCUT2D eigenvalue weighted by molar-refractivity contribution is 8.01. The fourth-order valence-electron chi connectivity index (χ4n) is 2.98. The first-order valence-electron chi connectivity index (χ1n) is 9.02. The average molecular weight is 456 g/mol. The lowest BCUT2D eigenvalue weighted by atomic mass is 10.1. The van der Waals surface area contributed by atoms with Gasteiger partial charge in [-0.2, -0.15) is 0 Å². The lowest BCUT2D eigenvalue weighted by molar-refractivity contribution is 0.306. The summed E-state index contributed by atoms with van der Waals surface area (Å²) in [5, 5.41) is 3.37. The van der Waals surface area contributed by atoms with Gasteiger partial charge in [0.2, 0.25) is 0 Å². The molecule has 0 unspecified atom stereocenters. The van der Waals surface area contributed by atoms with Gasteiger partial charge in [0.25, 0.3) is 0 Å². The first-order chi connectivity index (χ1) is 14.6. The van der Waals surface area contributed by atoms with Gasteiger partial charge >= 0.3 is 0 Å². The van der Waals surface area contributed by atoms with Crippen molar-refractivity contribution in [3.63, 3.8) is 0 Å². The number of nitrogens with zero attached hydrogens (tertiary/aromatic N) is 4. The molecule has 0 bridgehead atoms. The molecule has 0 fully saturated rings. The minimum Gasteiger partial charge on any atom is -0.487 e. The Morgan fingerprint density at radius 2 is 2.20 bits per heavy atom. The maximum atomic E-state index is 6.44. The number of aryl methyl sites for hydroxylation is 1. The first kappa shape index (κ1) is 20.6. The van der Waals surface area contributed by atoms with E-state index in [0.717, 1.165) is 37.0 Å². The SMILES string of the molecule is CN=C(N)c1cc(C)nc2c(OCc3c(Cl)cncc3Sc3nccs3)cccc12. The van der Waals surface area contributed by atoms with Crippen molar-refractivity contribution in [2.75, 3.05) is 7.05 Å². The van der Waals surface area contributed by atoms with E-state index in [4.69, 9.17) is 22.1 Å². The molecule has 0 saturated heterocycles. The number of aromatic nitrogens is 3. The molecule has 1 aromatic carbocycles. The minimum atomic E-state index is 0.274. The Labute approximate surface area is 187 Å². The van der Waals surface area contributed by atoms with Crippen molar-refractivity contribution in [1.82, 2.24) is 15.0 Å². The second kappa shape index (κ2) is 8.99. The van der Waals surface area contributed by atoms with Gasteiger partial charge in [-0.3, -0.25) is 9.98 Å². The molecule has 0 aliphatic carbocycles. The number of fused-ring (bicyclic) bond motifs is 1. The zero-order valence-electron chi connectivity index (χ0n) is 16.3. The molecule has 3 aromatic heterocycles. The van der Waals surface area contributed by atoms with E-state index in [9.17, 15) is 0 Å². The summed E-state index contributed by atoms with van der Waals surface area (Å²) in [6.07, 6.45) is 5.17. The van der Waals surface area contributed by atoms with Crippen molar-refractivity contribution in [1.29, 1.82) is 0 Å². The van der Waals surface area contributed by atoms with Gasteiger partial charge in [0, 0.05) is 58.1 Å². The summed E-state index contributed by atoms with van der Waals surface area (Å²) in [7, 11) is 1.67. The summed E-state index contributed by atoms with van der Waals surface area (Å²) in [6, 6.07) is 7.70. The van der Waals surface area contributed by atoms with Crippen LogP contribution >= 0.6 is 34.7 Å². The van der Waals surface area contributed by atoms with Crippen LogP contribution in [-0.2, 0) is 6.61 Å². The van der Waals surface area contributed by atoms with E-state index in [2.05, 4.69) is 19.9 Å². The number of rotatable bonds is 6. The van der Waals surface area contributed by atoms with Crippen LogP contribution in [0.1, 0.15) is 16.8 Å². The Kier molecular flexibility index (Phi) is 6.17. The summed E-state index contributed by atoms with van der Waals surface area (Å²) in [5.74, 6) is 1.11. The molecular weight excluding hydrogens is 438 g/mol. The molecule has 152 valence electrons. The molecule has 0 aliphatic rings. The molecule has 0 amide bonds. The third-order valence-electron chi connectivity index (χ3n) is 4.39. The van der Waals surface area contributed by atoms with Gasteiger partial charge in [-0.15, -0.1) is 11.3 Å². The van der Waals surface area contributed by atoms with Crippen LogP contribution in [0, 0.1) is 6.92 Å². The number of ether oxygens (including phenoxy) is 1. The number of pyridine rings is 2. The van der Waals surface area contributed by atoms with Gasteiger partial charge in [0.05, 0.1) is 5.02 Å². The molecule has 30 heavy (non-hydrogen) atoms. The summed E-state index contributed by atoms with van der Waals surface area (Å²) >= 11 is 9.53. The molecule has 2 N–H and O–H groups in total. The van der Waals surface area contributed by atoms with Gasteiger partial charge < -0.3 is 10.5 Å². The van der Waals surface area contributed by atoms with Crippen LogP contribution in [-0.4, -0.2) is 27.8 Å². The number of aliphatic imine (C=N–C) groups is 1. The molecule has 3 heterocycles. The number of hydrogen-bond donors (Lipinski definition) is 1. The molecule has 0 saturated carbocycles. The van der Waals surface area contributed by atoms with Crippen LogP contribution in [0.4, 0.5) is 0 Å². The van der Waals surface area contributed by atoms with Crippen LogP contribution < -0.4 is 10.5 Å². The molecule has 0 spiro atoms. The maximum absolute atomic E-state index is 6.44. The molecule has 6 nitrogen and oxygen atoms in total. The van der Waals surface area contributed by atoms with Gasteiger partial charge in [-0.05, 0) is 19.1 Å². The van der Waals surface area contributed by atoms with E-state index in [1.165, 1.54) is 11.8 Å². The second-order valence-electron chi connectivity index (χ2n) is 6.36. The number of hydrogen-bond acceptors (Lipinski definition) is 7. The third-order valence-corrected chi connectivity index (χ3v) is 6.67. The lowest BCUT2D eigenvalue weighted by Gasteiger charge is -2.14. The quantitative estimate of drug-likeness (QED) is 0.321. The molecular formula is C21H18ClN5OS2. The lowest BCUT2D eigenvalue weighted by Crippen LogP contribution is -2.14. The van der Waals surface area contributed by atoms with Crippen molar-refractivity contribution in [2.45, 2.75) is 22.8 Å². The van der Waals surface area contributed by atoms with Crippen molar-refractivity contribution in [3.05, 3.63) is 70.1 Å². The fourth-order valence-corrected chi connectivity index (χ4v) is 4.94. The molecule has 0 aliphatic heterocycles. The van der Waals surface area contributed by atoms with Crippen LogP contribution in [0.3, 0.4) is 0 Å². The predicted molar refractivity (Wildman–Crippen MR) is 123 cm³/mol. The second-order valence-corrected chi connectivity index (χ2v) is 8.95. The smallest absolute Gasteiger partial charge is 0.154 e. The summed E-state index contributed by atoms with van der Waals surface area (Å²) < 4.78 is 7.10. The number of benzene rings is 1. The Hall–Kier alpha value is -2.68. The van der Waals surface area contributed by atoms with Crippen LogP contribution in [0.15, 0.2) is 62.5 Å². The van der Waals surface area contributed by atoms with Gasteiger partial charge in [-0.1, -0.05) is 35.5 Å². The molecule has 9 heteroatoms. The fraction of sp³-hybridized carbons (Fsp3) is 0.143. The van der Waals surface area contributed by atoms with Crippen molar-refractivity contribution in [2.24, 2.45) is 10.7 Å². The van der Waals surface area contributed by atoms with Gasteiger partial charge in [0.1, 0.15) is 23.7 Å². The third kappa shape index (κ3) is 4.26. The zero-order chi connectivity index (χ0) is 21.1. The number of nitrogens with two attached hydrogens (primary N) is 1. The van der Waals surface area contributed by atoms with Crippen molar-refractivity contribution < 1.29 is 4.74 Å². The number of para-hydroxylation sites is 1. The monoisotopic (exact) mass is 455 g/mol. The van der Waals surface area contributed by atoms with Gasteiger partial charge in [0.15, 0.2) is 4.34 Å². The number of amidine groups is 1. The molecule has 0 radical (unpaired) electrons. The molecule has 0 atom stereocenters. The number of halogens is 1. The topological polar surface area (TPSA) is 86.3 Å². The van der Waals surface area contributed by atoms with Crippen LogP contribution in [0.2, 0.25) is 5.02 Å². The Bertz CT molecular complexity index is 1230. The molecule has 4 aromatic rings. The zero-order valence-corrected chi connectivity index (χ0v) is 18.7. The molecule has 4 rings (SSSR count). The Balaban J connectivity index is 1.69. The predicted octanol–water partition coefficient (Wildman–Crippen LogP) is 5.11. The van der Waals surface area contributed by atoms with Crippen molar-refractivity contribution in [3.8, 4) is 5.75 Å². The standard InChI is InChI=1S/C21H18ClN5OS2/c1-12-8-14(20(23)24-2)13-4-3-5-17(19(13)27-12)28-11-15-16(22)9-25-10-18(15)30-21-26-6-7-29-21/h3-10H,11H2,1-2H3,(H2,23,24). The first-order valence-corrected chi connectivity index (χ1v) is 11.1. The number of thiazole rings is 1. The van der Waals surface area contributed by atoms with E-state index in [-0.39, 0.29) is 6.61 Å². The van der Waals surface area contributed by atoms with Crippen LogP contribution in [0.25, 0.3) is 10.9 Å². The van der Waals surface area contributed by atoms with E-state index >= 15 is 0 Å². The van der Waals surface area contributed by atoms with E-state index in [1.54, 1.807) is 37.0 Å². The largest absolute Gasteiger partial charge is 0.487 e. The highest BCUT2D eigenvalue weighted by Gasteiger charge is 2.15. The highest BCUT2D eigenvalue weighted by atomic mass is 35.5. The van der Waals surface area contributed by atoms with Crippen molar-refractivity contribution >= 4 is 51.4 Å². The van der Waals surface area contributed by atoms with E-state index in [1.807, 2.05) is 36.6 Å². The Morgan fingerprint density at radius 1 is 1.33 bits per heavy atom. The Morgan fingerprint density at radius 3 is 2.97 bits per heavy atom. The van der Waals surface area contributed by atoms with Crippen LogP contribution in [0.5, 0.6) is 5.75 Å². The van der Waals surface area contributed by atoms with E-state index in [0.29, 0.717) is 16.6 Å². The summed E-state index contributed by atoms with van der Waals surface area (Å²) in [5.41, 5.74) is 9.36. The van der Waals surface area contributed by atoms with Gasteiger partial charge in [-0.25, -0.2) is 9.97 Å². The minimum absolute atomic E-state index is 0.274. The average Bonchev–Trinajstić information content (AvgIpc) is 3.25.